The number of H-pyrrole nitrogens is 2. The van der Waals surface area contributed by atoms with Crippen molar-refractivity contribution in [2.75, 3.05) is 40.6 Å². The highest BCUT2D eigenvalue weighted by atomic mass is 16.5. The molecular weight excluding hydrogens is 845 g/mol. The van der Waals surface area contributed by atoms with Crippen LogP contribution in [-0.2, 0) is 35.1 Å². The summed E-state index contributed by atoms with van der Waals surface area (Å²) >= 11 is 0. The fourth-order valence-corrected chi connectivity index (χ4v) is 11.1. The summed E-state index contributed by atoms with van der Waals surface area (Å²) in [5, 5.41) is 7.66. The molecule has 5 aliphatic heterocycles. The third kappa shape index (κ3) is 8.09. The lowest BCUT2D eigenvalue weighted by atomic mass is 9.90. The summed E-state index contributed by atoms with van der Waals surface area (Å²) in [6.07, 6.45) is 6.41. The fraction of sp³-hybridized carbons (Fsp3) is 0.510. The summed E-state index contributed by atoms with van der Waals surface area (Å²) in [5.74, 6) is 1.83. The Morgan fingerprint density at radius 1 is 0.712 bits per heavy atom. The first kappa shape index (κ1) is 43.7. The van der Waals surface area contributed by atoms with E-state index in [9.17, 15) is 19.2 Å². The van der Waals surface area contributed by atoms with E-state index in [2.05, 4.69) is 63.9 Å². The molecule has 4 amide bonds. The summed E-state index contributed by atoms with van der Waals surface area (Å²) < 4.78 is 27.5. The average Bonchev–Trinajstić information content (AvgIpc) is 4.18. The summed E-state index contributed by atoms with van der Waals surface area (Å²) in [4.78, 5) is 74.5. The maximum Gasteiger partial charge on any atom is 0.407 e. The van der Waals surface area contributed by atoms with Crippen LogP contribution >= 0.6 is 0 Å². The second-order valence-corrected chi connectivity index (χ2v) is 18.5. The fourth-order valence-electron chi connectivity index (χ4n) is 11.1. The topological polar surface area (TPSA) is 202 Å². The van der Waals surface area contributed by atoms with Crippen LogP contribution in [0.25, 0.3) is 44.2 Å². The van der Waals surface area contributed by atoms with E-state index >= 15 is 0 Å². The van der Waals surface area contributed by atoms with Gasteiger partial charge < -0.3 is 54.1 Å². The zero-order valence-electron chi connectivity index (χ0n) is 37.9. The van der Waals surface area contributed by atoms with Gasteiger partial charge >= 0.3 is 12.2 Å². The van der Waals surface area contributed by atoms with Crippen LogP contribution in [0.15, 0.2) is 48.7 Å². The van der Waals surface area contributed by atoms with Crippen molar-refractivity contribution in [1.82, 2.24) is 40.4 Å². The van der Waals surface area contributed by atoms with Crippen molar-refractivity contribution in [3.05, 3.63) is 65.9 Å². The highest BCUT2D eigenvalue weighted by Crippen LogP contribution is 2.44. The number of amides is 4. The molecule has 5 aliphatic rings. The average molecular weight is 903 g/mol. The van der Waals surface area contributed by atoms with Crippen LogP contribution in [0.1, 0.15) is 94.5 Å². The van der Waals surface area contributed by atoms with Crippen LogP contribution in [0.2, 0.25) is 0 Å². The zero-order valence-corrected chi connectivity index (χ0v) is 37.9. The largest absolute Gasteiger partial charge is 0.488 e. The van der Waals surface area contributed by atoms with E-state index < -0.39 is 24.3 Å². The molecule has 4 saturated heterocycles. The van der Waals surface area contributed by atoms with Crippen molar-refractivity contribution < 1.29 is 42.9 Å². The van der Waals surface area contributed by atoms with Gasteiger partial charge in [-0.2, -0.15) is 0 Å². The molecule has 2 aromatic heterocycles. The molecule has 0 bridgehead atoms. The van der Waals surface area contributed by atoms with Gasteiger partial charge in [0.15, 0.2) is 0 Å². The van der Waals surface area contributed by atoms with Gasteiger partial charge in [-0.05, 0) is 123 Å². The predicted molar refractivity (Wildman–Crippen MR) is 243 cm³/mol. The monoisotopic (exact) mass is 902 g/mol. The molecule has 66 heavy (non-hydrogen) atoms. The standard InChI is InChI=1S/C49H58N8O9/c1-26-5-11-38(56(26)46(58)41(54-48(60)62-3)28-13-17-64-18-14-28)44-50-24-37(52-44)31-7-9-33-32(21-31)25-66-40-23-34-30(22-35(33)40)8-10-36-43(34)53-45(51-36)39-12-6-27(2)57(39)47(59)42(55-49(61)63-4)29-15-19-65-20-16-29/h7-10,21-24,26-29,38-39,41-42H,5-6,11-20,25H2,1-4H3,(H,50,52)(H,51,53)(H,54,60)(H,55,61)/t26-,27-,38-,39?,41-,42-/m0/s1. The Morgan fingerprint density at radius 2 is 1.32 bits per heavy atom. The predicted octanol–water partition coefficient (Wildman–Crippen LogP) is 7.07. The second-order valence-electron chi connectivity index (χ2n) is 18.5. The molecule has 17 heteroatoms. The number of ether oxygens (including phenoxy) is 5. The molecule has 7 heterocycles. The van der Waals surface area contributed by atoms with Crippen molar-refractivity contribution >= 4 is 45.8 Å². The van der Waals surface area contributed by atoms with Crippen LogP contribution in [0.5, 0.6) is 5.75 Å². The van der Waals surface area contributed by atoms with Crippen molar-refractivity contribution in [1.29, 1.82) is 0 Å². The van der Waals surface area contributed by atoms with E-state index in [-0.39, 0.29) is 47.8 Å². The summed E-state index contributed by atoms with van der Waals surface area (Å²) in [7, 11) is 2.62. The molecule has 4 N–H and O–H groups in total. The molecule has 0 saturated carbocycles. The Kier molecular flexibility index (Phi) is 12.1. The number of hydrogen-bond acceptors (Lipinski definition) is 11. The van der Waals surface area contributed by atoms with Crippen molar-refractivity contribution in [2.45, 2.75) is 108 Å². The number of carbonyl (C=O) groups excluding carboxylic acids is 4. The van der Waals surface area contributed by atoms with Gasteiger partial charge in [0.05, 0.1) is 49.2 Å². The van der Waals surface area contributed by atoms with Crippen LogP contribution in [0, 0.1) is 11.8 Å². The molecular formula is C49H58N8O9. The minimum Gasteiger partial charge on any atom is -0.488 e. The van der Waals surface area contributed by atoms with Gasteiger partial charge in [0.1, 0.15) is 36.1 Å². The minimum atomic E-state index is -0.724. The molecule has 4 fully saturated rings. The number of nitrogens with one attached hydrogen (secondary N) is 4. The highest BCUT2D eigenvalue weighted by molar-refractivity contribution is 6.07. The Hall–Kier alpha value is -6.20. The van der Waals surface area contributed by atoms with Crippen molar-refractivity contribution in [3.8, 4) is 28.1 Å². The number of aromatic nitrogens is 4. The Balaban J connectivity index is 0.892. The van der Waals surface area contributed by atoms with Gasteiger partial charge in [-0.1, -0.05) is 18.2 Å². The lowest BCUT2D eigenvalue weighted by molar-refractivity contribution is -0.139. The summed E-state index contributed by atoms with van der Waals surface area (Å²) in [6.45, 7) is 6.66. The van der Waals surface area contributed by atoms with E-state index in [1.807, 2.05) is 29.0 Å². The molecule has 6 atom stereocenters. The molecule has 1 unspecified atom stereocenters. The van der Waals surface area contributed by atoms with Crippen LogP contribution < -0.4 is 15.4 Å². The molecule has 17 nitrogen and oxygen atoms in total. The quantitative estimate of drug-likeness (QED) is 0.118. The van der Waals surface area contributed by atoms with Crippen LogP contribution in [0.4, 0.5) is 9.59 Å². The van der Waals surface area contributed by atoms with Crippen molar-refractivity contribution in [3.63, 3.8) is 0 Å². The third-order valence-electron chi connectivity index (χ3n) is 14.7. The lowest BCUT2D eigenvalue weighted by Crippen LogP contribution is -2.54. The van der Waals surface area contributed by atoms with Gasteiger partial charge in [-0.3, -0.25) is 9.59 Å². The number of imidazole rings is 2. The van der Waals surface area contributed by atoms with Gasteiger partial charge in [-0.25, -0.2) is 19.6 Å². The van der Waals surface area contributed by atoms with Gasteiger partial charge in [-0.15, -0.1) is 0 Å². The number of likely N-dealkylation sites (tertiary alicyclic amines) is 2. The number of aromatic amines is 2. The summed E-state index contributed by atoms with van der Waals surface area (Å²) in [6, 6.07) is 12.6. The molecule has 10 rings (SSSR count). The third-order valence-corrected chi connectivity index (χ3v) is 14.7. The first-order valence-electron chi connectivity index (χ1n) is 23.4. The Labute approximate surface area is 382 Å². The number of alkyl carbamates (subject to hydrolysis) is 2. The molecule has 3 aromatic carbocycles. The zero-order chi connectivity index (χ0) is 45.6. The van der Waals surface area contributed by atoms with Crippen LogP contribution in [-0.4, -0.2) is 119 Å². The van der Waals surface area contributed by atoms with Crippen molar-refractivity contribution in [2.24, 2.45) is 11.8 Å². The maximum atomic E-state index is 14.4. The first-order valence-corrected chi connectivity index (χ1v) is 23.4. The number of hydrogen-bond donors (Lipinski definition) is 4. The number of carbonyl (C=O) groups is 4. The van der Waals surface area contributed by atoms with E-state index in [1.54, 1.807) is 0 Å². The Morgan fingerprint density at radius 3 is 1.92 bits per heavy atom. The first-order chi connectivity index (χ1) is 32.1. The number of rotatable bonds is 9. The van der Waals surface area contributed by atoms with Crippen LogP contribution in [0.3, 0.4) is 0 Å². The van der Waals surface area contributed by atoms with Gasteiger partial charge in [0.25, 0.3) is 0 Å². The van der Waals surface area contributed by atoms with Gasteiger partial charge in [0, 0.05) is 49.5 Å². The smallest absolute Gasteiger partial charge is 0.407 e. The van der Waals surface area contributed by atoms with E-state index in [0.717, 1.165) is 81.2 Å². The molecule has 0 aliphatic carbocycles. The molecule has 348 valence electrons. The highest BCUT2D eigenvalue weighted by Gasteiger charge is 2.45. The maximum absolute atomic E-state index is 14.4. The van der Waals surface area contributed by atoms with Gasteiger partial charge in [0.2, 0.25) is 11.8 Å². The van der Waals surface area contributed by atoms with E-state index in [0.29, 0.717) is 70.4 Å². The Bertz CT molecular complexity index is 2650. The molecule has 0 radical (unpaired) electrons. The second kappa shape index (κ2) is 18.2. The minimum absolute atomic E-state index is 0.0308. The number of nitrogens with zero attached hydrogens (tertiary/aromatic N) is 4. The number of methoxy groups -OCH3 is 2. The molecule has 0 spiro atoms. The SMILES string of the molecule is COC(=O)N[C@H](C(=O)N1C(c2nc3c(ccc4cc5c(cc43)OCc3cc(-c4cnc([C@@H]6CC[C@H](C)N6C(=O)[C@@H](NC(=O)OC)C6CCOCC6)[nH]4)ccc3-5)[nH]2)CC[C@@H]1C)C1CCOCC1. The number of benzene rings is 3. The summed E-state index contributed by atoms with van der Waals surface area (Å²) in [5.41, 5.74) is 6.58. The van der Waals surface area contributed by atoms with E-state index in [1.165, 1.54) is 14.2 Å². The van der Waals surface area contributed by atoms with E-state index in [4.69, 9.17) is 33.7 Å². The lowest BCUT2D eigenvalue weighted by Gasteiger charge is -2.36. The normalized spacial score (nSPS) is 23.2. The number of fused-ring (bicyclic) bond motifs is 6. The molecule has 5 aromatic rings.